The number of carbonyl (C=O) groups is 1. The summed E-state index contributed by atoms with van der Waals surface area (Å²) in [6, 6.07) is -0.0487. The van der Waals surface area contributed by atoms with Gasteiger partial charge in [0.1, 0.15) is 0 Å². The van der Waals surface area contributed by atoms with Gasteiger partial charge in [-0.3, -0.25) is 4.79 Å². The van der Waals surface area contributed by atoms with Crippen LogP contribution in [0.4, 0.5) is 0 Å². The third kappa shape index (κ3) is 2.19. The quantitative estimate of drug-likeness (QED) is 0.539. The van der Waals surface area contributed by atoms with Crippen LogP contribution in [0.3, 0.4) is 0 Å². The van der Waals surface area contributed by atoms with E-state index in [1.54, 1.807) is 0 Å². The normalized spacial score (nSPS) is 32.8. The maximum atomic E-state index is 10.9. The van der Waals surface area contributed by atoms with E-state index >= 15 is 0 Å². The van der Waals surface area contributed by atoms with Crippen LogP contribution in [-0.4, -0.2) is 37.0 Å². The summed E-state index contributed by atoms with van der Waals surface area (Å²) in [6.45, 7) is 1.88. The van der Waals surface area contributed by atoms with Gasteiger partial charge in [0, 0.05) is 6.04 Å². The van der Waals surface area contributed by atoms with Crippen molar-refractivity contribution in [3.8, 4) is 0 Å². The van der Waals surface area contributed by atoms with Crippen LogP contribution in [0.5, 0.6) is 0 Å². The van der Waals surface area contributed by atoms with E-state index in [0.717, 1.165) is 25.9 Å². The highest BCUT2D eigenvalue weighted by atomic mass is 16.1. The second-order valence-electron chi connectivity index (χ2n) is 3.55. The second kappa shape index (κ2) is 3.87. The van der Waals surface area contributed by atoms with Crippen molar-refractivity contribution in [2.75, 3.05) is 20.1 Å². The zero-order valence-corrected chi connectivity index (χ0v) is 7.49. The summed E-state index contributed by atoms with van der Waals surface area (Å²) in [5, 5.41) is 0. The zero-order valence-electron chi connectivity index (χ0n) is 7.49. The Kier molecular flexibility index (Phi) is 3.05. The topological polar surface area (TPSA) is 72.3 Å². The molecule has 2 unspecified atom stereocenters. The lowest BCUT2D eigenvalue weighted by atomic mass is 9.95. The summed E-state index contributed by atoms with van der Waals surface area (Å²) in [5.74, 6) is -0.382. The first-order valence-electron chi connectivity index (χ1n) is 4.34. The summed E-state index contributed by atoms with van der Waals surface area (Å²) < 4.78 is 0. The van der Waals surface area contributed by atoms with Crippen molar-refractivity contribution >= 4 is 5.91 Å². The minimum absolute atomic E-state index is 0.0487. The first-order valence-corrected chi connectivity index (χ1v) is 4.34. The van der Waals surface area contributed by atoms with Gasteiger partial charge in [0.05, 0.1) is 5.92 Å². The van der Waals surface area contributed by atoms with Crippen molar-refractivity contribution in [1.82, 2.24) is 4.90 Å². The fourth-order valence-corrected chi connectivity index (χ4v) is 1.61. The molecule has 4 heteroatoms. The van der Waals surface area contributed by atoms with Gasteiger partial charge < -0.3 is 16.4 Å². The van der Waals surface area contributed by atoms with E-state index in [1.807, 2.05) is 7.05 Å². The Morgan fingerprint density at radius 1 is 1.42 bits per heavy atom. The molecule has 0 saturated carbocycles. The molecular weight excluding hydrogens is 154 g/mol. The first kappa shape index (κ1) is 9.48. The highest BCUT2D eigenvalue weighted by molar-refractivity contribution is 5.77. The predicted octanol–water partition coefficient (Wildman–Crippen LogP) is -0.859. The molecule has 2 atom stereocenters. The van der Waals surface area contributed by atoms with E-state index in [1.165, 1.54) is 0 Å². The first-order chi connectivity index (χ1) is 5.61. The van der Waals surface area contributed by atoms with Crippen LogP contribution in [0, 0.1) is 5.92 Å². The Balaban J connectivity index is 2.56. The number of hydrogen-bond acceptors (Lipinski definition) is 3. The molecule has 0 spiro atoms. The number of carbonyl (C=O) groups excluding carboxylic acids is 1. The van der Waals surface area contributed by atoms with Gasteiger partial charge in [-0.1, -0.05) is 0 Å². The number of amides is 1. The standard InChI is InChI=1S/C8H17N3O/c1-11-4-2-6(8(10)12)7(9)3-5-11/h6-7H,2-5,9H2,1H3,(H2,10,12). The summed E-state index contributed by atoms with van der Waals surface area (Å²) in [7, 11) is 2.04. The number of hydrogen-bond donors (Lipinski definition) is 2. The van der Waals surface area contributed by atoms with Gasteiger partial charge in [0.15, 0.2) is 0 Å². The third-order valence-electron chi connectivity index (χ3n) is 2.55. The van der Waals surface area contributed by atoms with E-state index in [2.05, 4.69) is 4.90 Å². The van der Waals surface area contributed by atoms with Gasteiger partial charge in [-0.25, -0.2) is 0 Å². The Hall–Kier alpha value is -0.610. The van der Waals surface area contributed by atoms with Gasteiger partial charge in [-0.15, -0.1) is 0 Å². The van der Waals surface area contributed by atoms with E-state index < -0.39 is 0 Å². The fourth-order valence-electron chi connectivity index (χ4n) is 1.61. The molecule has 12 heavy (non-hydrogen) atoms. The highest BCUT2D eigenvalue weighted by Crippen LogP contribution is 2.14. The molecule has 4 nitrogen and oxygen atoms in total. The molecule has 0 aliphatic carbocycles. The molecule has 1 fully saturated rings. The van der Waals surface area contributed by atoms with Crippen LogP contribution in [0.25, 0.3) is 0 Å². The van der Waals surface area contributed by atoms with Crippen molar-refractivity contribution < 1.29 is 4.79 Å². The van der Waals surface area contributed by atoms with Crippen molar-refractivity contribution in [1.29, 1.82) is 0 Å². The van der Waals surface area contributed by atoms with Crippen molar-refractivity contribution in [3.63, 3.8) is 0 Å². The molecule has 0 aromatic heterocycles. The van der Waals surface area contributed by atoms with Gasteiger partial charge in [-0.2, -0.15) is 0 Å². The van der Waals surface area contributed by atoms with E-state index in [4.69, 9.17) is 11.5 Å². The molecule has 1 aliphatic heterocycles. The molecule has 1 saturated heterocycles. The Bertz CT molecular complexity index is 172. The molecule has 70 valence electrons. The number of nitrogens with zero attached hydrogens (tertiary/aromatic N) is 1. The molecule has 0 aromatic rings. The Labute approximate surface area is 72.9 Å². The van der Waals surface area contributed by atoms with Crippen LogP contribution >= 0.6 is 0 Å². The molecule has 0 bridgehead atoms. The molecule has 1 heterocycles. The highest BCUT2D eigenvalue weighted by Gasteiger charge is 2.26. The summed E-state index contributed by atoms with van der Waals surface area (Å²) in [5.41, 5.74) is 11.0. The van der Waals surface area contributed by atoms with Crippen molar-refractivity contribution in [3.05, 3.63) is 0 Å². The monoisotopic (exact) mass is 171 g/mol. The van der Waals surface area contributed by atoms with Crippen LogP contribution in [-0.2, 0) is 4.79 Å². The Morgan fingerprint density at radius 2 is 2.00 bits per heavy atom. The van der Waals surface area contributed by atoms with Crippen LogP contribution < -0.4 is 11.5 Å². The summed E-state index contributed by atoms with van der Waals surface area (Å²) in [6.07, 6.45) is 1.66. The molecule has 0 radical (unpaired) electrons. The van der Waals surface area contributed by atoms with Crippen molar-refractivity contribution in [2.45, 2.75) is 18.9 Å². The summed E-state index contributed by atoms with van der Waals surface area (Å²) >= 11 is 0. The third-order valence-corrected chi connectivity index (χ3v) is 2.55. The van der Waals surface area contributed by atoms with Gasteiger partial charge >= 0.3 is 0 Å². The lowest BCUT2D eigenvalue weighted by molar-refractivity contribution is -0.122. The minimum Gasteiger partial charge on any atom is -0.369 e. The van der Waals surface area contributed by atoms with Gasteiger partial charge in [0.25, 0.3) is 0 Å². The van der Waals surface area contributed by atoms with E-state index in [0.29, 0.717) is 0 Å². The van der Waals surface area contributed by atoms with Gasteiger partial charge in [0.2, 0.25) is 5.91 Å². The average Bonchev–Trinajstić information content (AvgIpc) is 2.14. The van der Waals surface area contributed by atoms with Crippen molar-refractivity contribution in [2.24, 2.45) is 17.4 Å². The zero-order chi connectivity index (χ0) is 9.14. The lowest BCUT2D eigenvalue weighted by Crippen LogP contribution is -2.38. The maximum Gasteiger partial charge on any atom is 0.222 e. The predicted molar refractivity (Wildman–Crippen MR) is 47.4 cm³/mol. The van der Waals surface area contributed by atoms with Crippen LogP contribution in [0.1, 0.15) is 12.8 Å². The smallest absolute Gasteiger partial charge is 0.222 e. The van der Waals surface area contributed by atoms with E-state index in [-0.39, 0.29) is 17.9 Å². The maximum absolute atomic E-state index is 10.9. The molecular formula is C8H17N3O. The second-order valence-corrected chi connectivity index (χ2v) is 3.55. The average molecular weight is 171 g/mol. The largest absolute Gasteiger partial charge is 0.369 e. The fraction of sp³-hybridized carbons (Fsp3) is 0.875. The van der Waals surface area contributed by atoms with E-state index in [9.17, 15) is 4.79 Å². The van der Waals surface area contributed by atoms with Gasteiger partial charge in [-0.05, 0) is 33.0 Å². The summed E-state index contributed by atoms with van der Waals surface area (Å²) in [4.78, 5) is 13.1. The minimum atomic E-state index is -0.252. The van der Waals surface area contributed by atoms with Crippen LogP contribution in [0.15, 0.2) is 0 Å². The lowest BCUT2D eigenvalue weighted by Gasteiger charge is -2.16. The molecule has 0 aromatic carbocycles. The molecule has 1 amide bonds. The van der Waals surface area contributed by atoms with Crippen LogP contribution in [0.2, 0.25) is 0 Å². The number of nitrogens with two attached hydrogens (primary N) is 2. The number of likely N-dealkylation sites (tertiary alicyclic amines) is 1. The molecule has 4 N–H and O–H groups in total. The molecule has 1 rings (SSSR count). The number of primary amides is 1. The molecule has 1 aliphatic rings. The Morgan fingerprint density at radius 3 is 2.58 bits per heavy atom. The number of rotatable bonds is 1. The SMILES string of the molecule is CN1CCC(N)C(C(N)=O)CC1.